The van der Waals surface area contributed by atoms with E-state index in [1.807, 2.05) is 0 Å². The number of unbranched alkanes of at least 4 members (excludes halogenated alkanes) is 2. The average molecular weight is 239 g/mol. The highest BCUT2D eigenvalue weighted by Gasteiger charge is 2.13. The molecule has 0 amide bonds. The first-order valence-electron chi connectivity index (χ1n) is 6.63. The molecule has 98 valence electrons. The Bertz CT molecular complexity index is 282. The molecule has 0 aromatic rings. The molecule has 0 bridgehead atoms. The van der Waals surface area contributed by atoms with Crippen LogP contribution in [0.25, 0.3) is 0 Å². The third kappa shape index (κ3) is 7.03. The van der Waals surface area contributed by atoms with Gasteiger partial charge in [0.2, 0.25) is 0 Å². The van der Waals surface area contributed by atoms with Crippen molar-refractivity contribution in [2.45, 2.75) is 72.3 Å². The summed E-state index contributed by atoms with van der Waals surface area (Å²) in [5, 5.41) is 0. The van der Waals surface area contributed by atoms with Crippen molar-refractivity contribution in [1.82, 2.24) is 0 Å². The largest absolute Gasteiger partial charge is 0.297 e. The van der Waals surface area contributed by atoms with E-state index in [0.717, 1.165) is 25.7 Å². The lowest BCUT2D eigenvalue weighted by Gasteiger charge is -2.07. The van der Waals surface area contributed by atoms with Gasteiger partial charge in [0.1, 0.15) is 6.04 Å². The molecule has 1 atom stereocenters. The van der Waals surface area contributed by atoms with Gasteiger partial charge in [-0.15, -0.1) is 0 Å². The molecule has 0 rings (SSSR count). The van der Waals surface area contributed by atoms with Crippen LogP contribution in [0.5, 0.6) is 0 Å². The normalized spacial score (nSPS) is 13.5. The minimum absolute atomic E-state index is 0.0713. The van der Waals surface area contributed by atoms with Crippen LogP contribution in [0.4, 0.5) is 0 Å². The van der Waals surface area contributed by atoms with Crippen LogP contribution in [0, 0.1) is 0 Å². The molecule has 0 heterocycles. The molecular weight excluding hydrogens is 214 g/mol. The molecule has 0 aliphatic carbocycles. The van der Waals surface area contributed by atoms with Crippen LogP contribution in [0.15, 0.2) is 4.99 Å². The number of aliphatic imine (C=N–C) groups is 1. The average Bonchev–Trinajstić information content (AvgIpc) is 2.32. The monoisotopic (exact) mass is 239 g/mol. The molecule has 3 heteroatoms. The molecule has 0 spiro atoms. The van der Waals surface area contributed by atoms with Gasteiger partial charge >= 0.3 is 0 Å². The summed E-state index contributed by atoms with van der Waals surface area (Å²) in [4.78, 5) is 27.5. The molecule has 0 aliphatic rings. The first-order valence-corrected chi connectivity index (χ1v) is 6.63. The fourth-order valence-electron chi connectivity index (χ4n) is 1.51. The molecule has 0 saturated carbocycles. The number of ketones is 2. The zero-order chi connectivity index (χ0) is 13.3. The predicted molar refractivity (Wildman–Crippen MR) is 71.6 cm³/mol. The highest BCUT2D eigenvalue weighted by Crippen LogP contribution is 2.04. The van der Waals surface area contributed by atoms with Crippen LogP contribution in [0.1, 0.15) is 66.2 Å². The van der Waals surface area contributed by atoms with Crippen LogP contribution < -0.4 is 0 Å². The Morgan fingerprint density at radius 2 is 1.59 bits per heavy atom. The Morgan fingerprint density at radius 3 is 2.12 bits per heavy atom. The van der Waals surface area contributed by atoms with E-state index in [4.69, 9.17) is 0 Å². The molecule has 0 fully saturated rings. The maximum atomic E-state index is 11.7. The van der Waals surface area contributed by atoms with Crippen molar-refractivity contribution in [3.8, 4) is 0 Å². The summed E-state index contributed by atoms with van der Waals surface area (Å²) in [6.07, 6.45) is 4.92. The van der Waals surface area contributed by atoms with E-state index in [0.29, 0.717) is 18.6 Å². The SMILES string of the molecule is CCCCC(=O)C(C)=NC(C)C(=O)CCCC. The fourth-order valence-corrected chi connectivity index (χ4v) is 1.51. The quantitative estimate of drug-likeness (QED) is 0.579. The smallest absolute Gasteiger partial charge is 0.176 e. The molecule has 0 radical (unpaired) electrons. The number of carbonyl (C=O) groups excluding carboxylic acids is 2. The van der Waals surface area contributed by atoms with Crippen molar-refractivity contribution in [3.63, 3.8) is 0 Å². The minimum atomic E-state index is -0.368. The number of nitrogens with zero attached hydrogens (tertiary/aromatic N) is 1. The molecule has 0 aliphatic heterocycles. The van der Waals surface area contributed by atoms with Crippen LogP contribution in [0.2, 0.25) is 0 Å². The van der Waals surface area contributed by atoms with Gasteiger partial charge in [-0.25, -0.2) is 0 Å². The molecule has 0 aromatic carbocycles. The summed E-state index contributed by atoms with van der Waals surface area (Å²) < 4.78 is 0. The first-order chi connectivity index (χ1) is 8.02. The van der Waals surface area contributed by atoms with E-state index in [9.17, 15) is 9.59 Å². The zero-order valence-electron chi connectivity index (χ0n) is 11.6. The van der Waals surface area contributed by atoms with Crippen LogP contribution >= 0.6 is 0 Å². The molecular formula is C14H25NO2. The van der Waals surface area contributed by atoms with Crippen LogP contribution in [-0.4, -0.2) is 23.3 Å². The van der Waals surface area contributed by atoms with Crippen molar-refractivity contribution in [3.05, 3.63) is 0 Å². The number of hydrogen-bond acceptors (Lipinski definition) is 3. The Balaban J connectivity index is 4.25. The number of Topliss-reactive ketones (excluding diaryl/α,β-unsaturated/α-hetero) is 2. The summed E-state index contributed by atoms with van der Waals surface area (Å²) in [5.41, 5.74) is 0.496. The molecule has 0 saturated heterocycles. The van der Waals surface area contributed by atoms with Gasteiger partial charge in [0, 0.05) is 12.8 Å². The fraction of sp³-hybridized carbons (Fsp3) is 0.786. The van der Waals surface area contributed by atoms with E-state index in [1.54, 1.807) is 13.8 Å². The van der Waals surface area contributed by atoms with Gasteiger partial charge in [0.15, 0.2) is 11.6 Å². The molecule has 3 nitrogen and oxygen atoms in total. The summed E-state index contributed by atoms with van der Waals surface area (Å²) in [5.74, 6) is 0.205. The van der Waals surface area contributed by atoms with E-state index < -0.39 is 0 Å². The van der Waals surface area contributed by atoms with Crippen molar-refractivity contribution in [2.24, 2.45) is 4.99 Å². The third-order valence-electron chi connectivity index (χ3n) is 2.79. The van der Waals surface area contributed by atoms with Gasteiger partial charge in [0.25, 0.3) is 0 Å². The molecule has 0 aromatic heterocycles. The highest BCUT2D eigenvalue weighted by molar-refractivity contribution is 6.39. The van der Waals surface area contributed by atoms with Gasteiger partial charge in [-0.1, -0.05) is 26.7 Å². The lowest BCUT2D eigenvalue weighted by molar-refractivity contribution is -0.119. The Morgan fingerprint density at radius 1 is 1.06 bits per heavy atom. The van der Waals surface area contributed by atoms with E-state index in [1.165, 1.54) is 0 Å². The maximum Gasteiger partial charge on any atom is 0.176 e. The third-order valence-corrected chi connectivity index (χ3v) is 2.79. The van der Waals surface area contributed by atoms with Crippen molar-refractivity contribution in [2.75, 3.05) is 0 Å². The lowest BCUT2D eigenvalue weighted by atomic mass is 10.1. The summed E-state index contributed by atoms with van der Waals surface area (Å²) in [6.45, 7) is 7.59. The van der Waals surface area contributed by atoms with E-state index in [-0.39, 0.29) is 17.6 Å². The Hall–Kier alpha value is -0.990. The highest BCUT2D eigenvalue weighted by atomic mass is 16.1. The summed E-state index contributed by atoms with van der Waals surface area (Å²) >= 11 is 0. The topological polar surface area (TPSA) is 46.5 Å². The second-order valence-corrected chi connectivity index (χ2v) is 4.49. The van der Waals surface area contributed by atoms with Gasteiger partial charge in [-0.05, 0) is 26.7 Å². The van der Waals surface area contributed by atoms with E-state index >= 15 is 0 Å². The number of rotatable bonds is 9. The van der Waals surface area contributed by atoms with Gasteiger partial charge in [-0.2, -0.15) is 0 Å². The van der Waals surface area contributed by atoms with Crippen molar-refractivity contribution in [1.29, 1.82) is 0 Å². The second-order valence-electron chi connectivity index (χ2n) is 4.49. The lowest BCUT2D eigenvalue weighted by Crippen LogP contribution is -2.19. The van der Waals surface area contributed by atoms with Gasteiger partial charge < -0.3 is 0 Å². The molecule has 0 N–H and O–H groups in total. The Kier molecular flexibility index (Phi) is 8.55. The van der Waals surface area contributed by atoms with E-state index in [2.05, 4.69) is 18.8 Å². The number of hydrogen-bond donors (Lipinski definition) is 0. The minimum Gasteiger partial charge on any atom is -0.297 e. The molecule has 1 unspecified atom stereocenters. The summed E-state index contributed by atoms with van der Waals surface area (Å²) in [6, 6.07) is -0.368. The Labute approximate surface area is 105 Å². The van der Waals surface area contributed by atoms with Crippen LogP contribution in [-0.2, 0) is 9.59 Å². The predicted octanol–water partition coefficient (Wildman–Crippen LogP) is 3.35. The molecule has 17 heavy (non-hydrogen) atoms. The number of carbonyl (C=O) groups is 2. The first kappa shape index (κ1) is 16.0. The maximum absolute atomic E-state index is 11.7. The summed E-state index contributed by atoms with van der Waals surface area (Å²) in [7, 11) is 0. The van der Waals surface area contributed by atoms with Crippen molar-refractivity contribution < 1.29 is 9.59 Å². The zero-order valence-corrected chi connectivity index (χ0v) is 11.6. The van der Waals surface area contributed by atoms with Gasteiger partial charge in [-0.3, -0.25) is 14.6 Å². The van der Waals surface area contributed by atoms with Crippen molar-refractivity contribution >= 4 is 17.3 Å². The van der Waals surface area contributed by atoms with Crippen LogP contribution in [0.3, 0.4) is 0 Å². The standard InChI is InChI=1S/C14H25NO2/c1-5-7-9-13(16)11(3)15-12(4)14(17)10-8-6-2/h11H,5-10H2,1-4H3. The van der Waals surface area contributed by atoms with Gasteiger partial charge in [0.05, 0.1) is 5.71 Å². The second kappa shape index (κ2) is 9.08.